The molecule has 150 valence electrons. The standard InChI is InChI=1S/C25H22N2O3/c1-16-23(25(28)27-21-14-13-18(29-2)15-22(21)30-3)19-11-7-8-12-20(19)26-24(16)17-9-5-4-6-10-17/h4-15H,1-3H3,(H,27,28). The Bertz CT molecular complexity index is 1220. The van der Waals surface area contributed by atoms with Crippen molar-refractivity contribution in [2.75, 3.05) is 19.5 Å². The van der Waals surface area contributed by atoms with Gasteiger partial charge in [-0.05, 0) is 30.7 Å². The Balaban J connectivity index is 1.84. The quantitative estimate of drug-likeness (QED) is 0.484. The first-order chi connectivity index (χ1) is 14.6. The summed E-state index contributed by atoms with van der Waals surface area (Å²) in [6.45, 7) is 1.93. The van der Waals surface area contributed by atoms with Crippen molar-refractivity contribution in [2.24, 2.45) is 0 Å². The van der Waals surface area contributed by atoms with E-state index in [1.54, 1.807) is 32.4 Å². The highest BCUT2D eigenvalue weighted by Crippen LogP contribution is 2.33. The van der Waals surface area contributed by atoms with E-state index in [1.165, 1.54) is 0 Å². The molecule has 0 atom stereocenters. The molecule has 1 N–H and O–H groups in total. The van der Waals surface area contributed by atoms with Crippen molar-refractivity contribution in [3.05, 3.63) is 83.9 Å². The molecule has 0 aliphatic rings. The molecule has 0 saturated heterocycles. The van der Waals surface area contributed by atoms with Gasteiger partial charge in [0.2, 0.25) is 0 Å². The number of pyridine rings is 1. The molecule has 0 bridgehead atoms. The maximum atomic E-state index is 13.4. The third kappa shape index (κ3) is 3.57. The summed E-state index contributed by atoms with van der Waals surface area (Å²) in [6.07, 6.45) is 0. The summed E-state index contributed by atoms with van der Waals surface area (Å²) in [5, 5.41) is 3.80. The number of benzene rings is 3. The van der Waals surface area contributed by atoms with Gasteiger partial charge in [0, 0.05) is 17.0 Å². The number of anilines is 1. The molecule has 5 heteroatoms. The van der Waals surface area contributed by atoms with Gasteiger partial charge in [0.25, 0.3) is 5.91 Å². The molecule has 0 radical (unpaired) electrons. The number of nitrogens with zero attached hydrogens (tertiary/aromatic N) is 1. The minimum absolute atomic E-state index is 0.216. The molecule has 0 spiro atoms. The molecule has 0 aliphatic carbocycles. The van der Waals surface area contributed by atoms with Crippen LogP contribution >= 0.6 is 0 Å². The van der Waals surface area contributed by atoms with E-state index in [0.29, 0.717) is 22.7 Å². The van der Waals surface area contributed by atoms with Gasteiger partial charge in [0.15, 0.2) is 0 Å². The topological polar surface area (TPSA) is 60.5 Å². The van der Waals surface area contributed by atoms with E-state index in [1.807, 2.05) is 61.5 Å². The summed E-state index contributed by atoms with van der Waals surface area (Å²) in [5.74, 6) is 0.968. The van der Waals surface area contributed by atoms with Crippen molar-refractivity contribution >= 4 is 22.5 Å². The van der Waals surface area contributed by atoms with E-state index >= 15 is 0 Å². The van der Waals surface area contributed by atoms with Crippen LogP contribution in [0.15, 0.2) is 72.8 Å². The Morgan fingerprint density at radius 1 is 0.900 bits per heavy atom. The van der Waals surface area contributed by atoms with Crippen LogP contribution in [0.4, 0.5) is 5.69 Å². The van der Waals surface area contributed by atoms with Gasteiger partial charge in [-0.15, -0.1) is 0 Å². The Kier molecular flexibility index (Phi) is 5.35. The first kappa shape index (κ1) is 19.5. The minimum Gasteiger partial charge on any atom is -0.497 e. The Hall–Kier alpha value is -3.86. The Morgan fingerprint density at radius 2 is 1.63 bits per heavy atom. The number of fused-ring (bicyclic) bond motifs is 1. The second-order valence-corrected chi connectivity index (χ2v) is 6.86. The summed E-state index contributed by atoms with van der Waals surface area (Å²) in [6, 6.07) is 22.9. The van der Waals surface area contributed by atoms with Gasteiger partial charge in [-0.1, -0.05) is 48.5 Å². The first-order valence-corrected chi connectivity index (χ1v) is 9.60. The number of rotatable bonds is 5. The van der Waals surface area contributed by atoms with Crippen molar-refractivity contribution in [2.45, 2.75) is 6.92 Å². The number of methoxy groups -OCH3 is 2. The molecule has 0 unspecified atom stereocenters. The monoisotopic (exact) mass is 398 g/mol. The van der Waals surface area contributed by atoms with Crippen LogP contribution < -0.4 is 14.8 Å². The van der Waals surface area contributed by atoms with Gasteiger partial charge in [0.1, 0.15) is 11.5 Å². The second-order valence-electron chi connectivity index (χ2n) is 6.86. The van der Waals surface area contributed by atoms with Crippen LogP contribution in [-0.2, 0) is 0 Å². The number of carbonyl (C=O) groups excluding carboxylic acids is 1. The van der Waals surface area contributed by atoms with Crippen molar-refractivity contribution in [1.29, 1.82) is 0 Å². The highest BCUT2D eigenvalue weighted by Gasteiger charge is 2.20. The third-order valence-corrected chi connectivity index (χ3v) is 5.07. The highest BCUT2D eigenvalue weighted by molar-refractivity contribution is 6.14. The zero-order chi connectivity index (χ0) is 21.1. The molecular formula is C25H22N2O3. The first-order valence-electron chi connectivity index (χ1n) is 9.60. The largest absolute Gasteiger partial charge is 0.497 e. The fraction of sp³-hybridized carbons (Fsp3) is 0.120. The van der Waals surface area contributed by atoms with Crippen LogP contribution in [0.1, 0.15) is 15.9 Å². The van der Waals surface area contributed by atoms with Crippen LogP contribution in [0.25, 0.3) is 22.2 Å². The number of amides is 1. The van der Waals surface area contributed by atoms with E-state index in [2.05, 4.69) is 5.32 Å². The minimum atomic E-state index is -0.216. The van der Waals surface area contributed by atoms with Gasteiger partial charge >= 0.3 is 0 Å². The van der Waals surface area contributed by atoms with Crippen LogP contribution in [0, 0.1) is 6.92 Å². The van der Waals surface area contributed by atoms with Crippen LogP contribution in [0.3, 0.4) is 0 Å². The van der Waals surface area contributed by atoms with E-state index in [-0.39, 0.29) is 5.91 Å². The van der Waals surface area contributed by atoms with Gasteiger partial charge in [0.05, 0.1) is 36.7 Å². The molecule has 1 aromatic heterocycles. The van der Waals surface area contributed by atoms with E-state index in [4.69, 9.17) is 14.5 Å². The van der Waals surface area contributed by atoms with Gasteiger partial charge in [-0.3, -0.25) is 4.79 Å². The molecule has 4 aromatic rings. The predicted octanol–water partition coefficient (Wildman–Crippen LogP) is 5.48. The summed E-state index contributed by atoms with van der Waals surface area (Å²) < 4.78 is 10.7. The molecule has 4 rings (SSSR count). The van der Waals surface area contributed by atoms with E-state index < -0.39 is 0 Å². The third-order valence-electron chi connectivity index (χ3n) is 5.07. The fourth-order valence-electron chi connectivity index (χ4n) is 3.56. The fourth-order valence-corrected chi connectivity index (χ4v) is 3.56. The summed E-state index contributed by atoms with van der Waals surface area (Å²) in [5.41, 5.74) is 4.53. The molecule has 3 aromatic carbocycles. The Labute approximate surface area is 175 Å². The molecule has 5 nitrogen and oxygen atoms in total. The number of hydrogen-bond acceptors (Lipinski definition) is 4. The van der Waals surface area contributed by atoms with Crippen LogP contribution in [0.2, 0.25) is 0 Å². The summed E-state index contributed by atoms with van der Waals surface area (Å²) in [4.78, 5) is 18.3. The molecule has 1 heterocycles. The molecular weight excluding hydrogens is 376 g/mol. The normalized spacial score (nSPS) is 10.6. The zero-order valence-electron chi connectivity index (χ0n) is 17.1. The summed E-state index contributed by atoms with van der Waals surface area (Å²) >= 11 is 0. The molecule has 0 aliphatic heterocycles. The molecule has 0 fully saturated rings. The number of ether oxygens (including phenoxy) is 2. The van der Waals surface area contributed by atoms with E-state index in [0.717, 1.165) is 27.7 Å². The van der Waals surface area contributed by atoms with Crippen LogP contribution in [-0.4, -0.2) is 25.1 Å². The highest BCUT2D eigenvalue weighted by atomic mass is 16.5. The zero-order valence-corrected chi connectivity index (χ0v) is 17.1. The van der Waals surface area contributed by atoms with Gasteiger partial charge in [-0.2, -0.15) is 0 Å². The number of carbonyl (C=O) groups is 1. The SMILES string of the molecule is COc1ccc(NC(=O)c2c(C)c(-c3ccccc3)nc3ccccc23)c(OC)c1. The lowest BCUT2D eigenvalue weighted by Gasteiger charge is -2.16. The van der Waals surface area contributed by atoms with Crippen molar-refractivity contribution < 1.29 is 14.3 Å². The molecule has 0 saturated carbocycles. The molecule has 30 heavy (non-hydrogen) atoms. The smallest absolute Gasteiger partial charge is 0.256 e. The Morgan fingerprint density at radius 3 is 2.37 bits per heavy atom. The van der Waals surface area contributed by atoms with Crippen molar-refractivity contribution in [3.8, 4) is 22.8 Å². The van der Waals surface area contributed by atoms with Crippen molar-refractivity contribution in [3.63, 3.8) is 0 Å². The van der Waals surface area contributed by atoms with Gasteiger partial charge in [-0.25, -0.2) is 4.98 Å². The lowest BCUT2D eigenvalue weighted by atomic mass is 9.97. The second kappa shape index (κ2) is 8.25. The lowest BCUT2D eigenvalue weighted by Crippen LogP contribution is -2.16. The number of para-hydroxylation sites is 1. The molecule has 1 amide bonds. The van der Waals surface area contributed by atoms with E-state index in [9.17, 15) is 4.79 Å². The number of aromatic nitrogens is 1. The maximum Gasteiger partial charge on any atom is 0.256 e. The van der Waals surface area contributed by atoms with Crippen molar-refractivity contribution in [1.82, 2.24) is 4.98 Å². The predicted molar refractivity (Wildman–Crippen MR) is 119 cm³/mol. The van der Waals surface area contributed by atoms with Crippen LogP contribution in [0.5, 0.6) is 11.5 Å². The number of hydrogen-bond donors (Lipinski definition) is 1. The maximum absolute atomic E-state index is 13.4. The average Bonchev–Trinajstić information content (AvgIpc) is 2.79. The van der Waals surface area contributed by atoms with Gasteiger partial charge < -0.3 is 14.8 Å². The summed E-state index contributed by atoms with van der Waals surface area (Å²) in [7, 11) is 3.15. The number of nitrogens with one attached hydrogen (secondary N) is 1. The average molecular weight is 398 g/mol. The lowest BCUT2D eigenvalue weighted by molar-refractivity contribution is 0.102.